The van der Waals surface area contributed by atoms with Gasteiger partial charge < -0.3 is 0 Å². The van der Waals surface area contributed by atoms with E-state index in [4.69, 9.17) is 5.10 Å². The average Bonchev–Trinajstić information content (AvgIpc) is 3.40. The number of benzene rings is 3. The van der Waals surface area contributed by atoms with E-state index in [1.54, 1.807) is 47.3 Å². The molecule has 210 valence electrons. The summed E-state index contributed by atoms with van der Waals surface area (Å²) in [6.07, 6.45) is 4.74. The summed E-state index contributed by atoms with van der Waals surface area (Å²) in [5, 5.41) is 14.6. The van der Waals surface area contributed by atoms with E-state index in [1.807, 2.05) is 50.2 Å². The number of allylic oxidation sites excluding steroid dienone is 1. The molecule has 0 bridgehead atoms. The summed E-state index contributed by atoms with van der Waals surface area (Å²) in [5.74, 6) is 0.278. The van der Waals surface area contributed by atoms with Crippen LogP contribution in [0.15, 0.2) is 99.8 Å². The van der Waals surface area contributed by atoms with Gasteiger partial charge in [0.1, 0.15) is 16.7 Å². The molecule has 0 N–H and O–H groups in total. The second-order valence-electron chi connectivity index (χ2n) is 10.3. The Kier molecular flexibility index (Phi) is 7.95. The summed E-state index contributed by atoms with van der Waals surface area (Å²) in [6.45, 7) is 4.83. The highest BCUT2D eigenvalue weighted by Crippen LogP contribution is 2.31. The van der Waals surface area contributed by atoms with Crippen molar-refractivity contribution >= 4 is 25.9 Å². The number of nitrogens with zero attached hydrogens (tertiary/aromatic N) is 4. The fourth-order valence-corrected chi connectivity index (χ4v) is 7.70. The lowest BCUT2D eigenvalue weighted by Gasteiger charge is -2.30. The highest BCUT2D eigenvalue weighted by atomic mass is 32.2. The Morgan fingerprint density at radius 1 is 0.976 bits per heavy atom. The molecule has 0 radical (unpaired) electrons. The summed E-state index contributed by atoms with van der Waals surface area (Å²) in [5.41, 5.74) is 2.82. The lowest BCUT2D eigenvalue weighted by molar-refractivity contribution is 0.281. The van der Waals surface area contributed by atoms with Crippen LogP contribution in [-0.2, 0) is 19.9 Å². The number of sulfonamides is 1. The van der Waals surface area contributed by atoms with Crippen LogP contribution in [0.5, 0.6) is 0 Å². The molecular weight excluding hydrogens is 556 g/mol. The van der Waals surface area contributed by atoms with Crippen LogP contribution >= 0.6 is 0 Å². The van der Waals surface area contributed by atoms with Crippen molar-refractivity contribution in [3.63, 3.8) is 0 Å². The van der Waals surface area contributed by atoms with Gasteiger partial charge >= 0.3 is 0 Å². The highest BCUT2D eigenvalue weighted by Gasteiger charge is 2.29. The van der Waals surface area contributed by atoms with Crippen LogP contribution in [0.3, 0.4) is 0 Å². The molecule has 0 saturated carbocycles. The standard InChI is InChI=1S/C31H30N4O4S2/c1-23-13-15-28(16-14-23)40(36,37)30(20-32)19-26-22-35(27-10-4-3-5-11-27)33-31(26)25-9-6-12-29(18-25)41(38,39)34-17-7-8-24(2)21-34/h3-6,9-16,18-19,22,24H,7-8,17,21H2,1-2H3/b30-19-. The predicted molar refractivity (Wildman–Crippen MR) is 158 cm³/mol. The van der Waals surface area contributed by atoms with Crippen molar-refractivity contribution in [3.8, 4) is 23.0 Å². The third-order valence-electron chi connectivity index (χ3n) is 7.15. The molecule has 0 amide bonds. The molecule has 4 aromatic rings. The first-order valence-corrected chi connectivity index (χ1v) is 16.2. The molecule has 41 heavy (non-hydrogen) atoms. The molecule has 10 heteroatoms. The van der Waals surface area contributed by atoms with Gasteiger partial charge in [0.05, 0.1) is 15.5 Å². The maximum absolute atomic E-state index is 13.5. The van der Waals surface area contributed by atoms with Crippen LogP contribution in [0, 0.1) is 24.2 Å². The fraction of sp³-hybridized carbons (Fsp3) is 0.226. The van der Waals surface area contributed by atoms with Gasteiger partial charge in [-0.15, -0.1) is 0 Å². The molecule has 5 rings (SSSR count). The number of aromatic nitrogens is 2. The molecule has 3 aromatic carbocycles. The number of hydrogen-bond donors (Lipinski definition) is 0. The number of sulfone groups is 1. The van der Waals surface area contributed by atoms with Gasteiger partial charge in [-0.3, -0.25) is 0 Å². The third kappa shape index (κ3) is 5.88. The fourth-order valence-electron chi connectivity index (χ4n) is 4.90. The lowest BCUT2D eigenvalue weighted by Crippen LogP contribution is -2.39. The zero-order valence-electron chi connectivity index (χ0n) is 22.8. The van der Waals surface area contributed by atoms with Crippen molar-refractivity contribution in [2.24, 2.45) is 5.92 Å². The van der Waals surface area contributed by atoms with Gasteiger partial charge in [-0.2, -0.15) is 14.7 Å². The summed E-state index contributed by atoms with van der Waals surface area (Å²) >= 11 is 0. The molecule has 0 spiro atoms. The van der Waals surface area contributed by atoms with Gasteiger partial charge in [0.15, 0.2) is 0 Å². The minimum atomic E-state index is -4.11. The normalized spacial score (nSPS) is 16.8. The Hall–Kier alpha value is -4.04. The molecule has 1 fully saturated rings. The third-order valence-corrected chi connectivity index (χ3v) is 10.7. The van der Waals surface area contributed by atoms with Crippen molar-refractivity contribution < 1.29 is 16.8 Å². The second-order valence-corrected chi connectivity index (χ2v) is 14.1. The van der Waals surface area contributed by atoms with Crippen LogP contribution in [0.2, 0.25) is 0 Å². The maximum atomic E-state index is 13.5. The average molecular weight is 587 g/mol. The molecule has 8 nitrogen and oxygen atoms in total. The van der Waals surface area contributed by atoms with Crippen molar-refractivity contribution in [3.05, 3.63) is 101 Å². The molecule has 1 aliphatic rings. The largest absolute Gasteiger partial charge is 0.243 e. The van der Waals surface area contributed by atoms with Crippen molar-refractivity contribution in [1.82, 2.24) is 14.1 Å². The Bertz CT molecular complexity index is 1860. The minimum absolute atomic E-state index is 0.0109. The number of rotatable bonds is 7. The van der Waals surface area contributed by atoms with Gasteiger partial charge in [-0.25, -0.2) is 21.5 Å². The second kappa shape index (κ2) is 11.4. The number of para-hydroxylation sites is 1. The first kappa shape index (κ1) is 28.5. The Morgan fingerprint density at radius 3 is 2.39 bits per heavy atom. The van der Waals surface area contributed by atoms with Crippen molar-refractivity contribution in [1.29, 1.82) is 5.26 Å². The molecular formula is C31H30N4O4S2. The number of nitriles is 1. The number of piperidine rings is 1. The van der Waals surface area contributed by atoms with Gasteiger partial charge in [0.2, 0.25) is 19.9 Å². The van der Waals surface area contributed by atoms with Gasteiger partial charge in [-0.05, 0) is 68.2 Å². The topological polar surface area (TPSA) is 113 Å². The molecule has 1 aromatic heterocycles. The van der Waals surface area contributed by atoms with E-state index in [-0.39, 0.29) is 15.7 Å². The molecule has 0 aliphatic carbocycles. The molecule has 1 aliphatic heterocycles. The quantitative estimate of drug-likeness (QED) is 0.260. The molecule has 1 unspecified atom stereocenters. The monoisotopic (exact) mass is 586 g/mol. The van der Waals surface area contributed by atoms with Crippen LogP contribution in [0.4, 0.5) is 0 Å². The maximum Gasteiger partial charge on any atom is 0.243 e. The van der Waals surface area contributed by atoms with E-state index in [2.05, 4.69) is 0 Å². The van der Waals surface area contributed by atoms with E-state index in [0.717, 1.165) is 24.1 Å². The summed E-state index contributed by atoms with van der Waals surface area (Å²) in [7, 11) is -7.85. The predicted octanol–water partition coefficient (Wildman–Crippen LogP) is 5.61. The first-order chi connectivity index (χ1) is 19.6. The summed E-state index contributed by atoms with van der Waals surface area (Å²) in [4.78, 5) is -0.292. The summed E-state index contributed by atoms with van der Waals surface area (Å²) < 4.78 is 56.9. The zero-order valence-corrected chi connectivity index (χ0v) is 24.4. The van der Waals surface area contributed by atoms with Crippen molar-refractivity contribution in [2.75, 3.05) is 13.1 Å². The van der Waals surface area contributed by atoms with E-state index < -0.39 is 24.8 Å². The number of aryl methyl sites for hydroxylation is 1. The summed E-state index contributed by atoms with van der Waals surface area (Å²) in [6, 6.07) is 23.9. The van der Waals surface area contributed by atoms with E-state index in [1.165, 1.54) is 22.5 Å². The Labute approximate surface area is 241 Å². The smallest absolute Gasteiger partial charge is 0.240 e. The minimum Gasteiger partial charge on any atom is -0.240 e. The van der Waals surface area contributed by atoms with Gasteiger partial charge in [0.25, 0.3) is 0 Å². The van der Waals surface area contributed by atoms with Crippen LogP contribution in [0.25, 0.3) is 23.0 Å². The van der Waals surface area contributed by atoms with E-state index >= 15 is 0 Å². The molecule has 2 heterocycles. The molecule has 1 saturated heterocycles. The van der Waals surface area contributed by atoms with Gasteiger partial charge in [0, 0.05) is 30.4 Å². The van der Waals surface area contributed by atoms with Crippen LogP contribution < -0.4 is 0 Å². The first-order valence-electron chi connectivity index (χ1n) is 13.3. The Balaban J connectivity index is 1.63. The van der Waals surface area contributed by atoms with E-state index in [9.17, 15) is 22.1 Å². The zero-order chi connectivity index (χ0) is 29.2. The highest BCUT2D eigenvalue weighted by molar-refractivity contribution is 7.95. The van der Waals surface area contributed by atoms with Crippen LogP contribution in [-0.4, -0.2) is 44.0 Å². The van der Waals surface area contributed by atoms with Gasteiger partial charge in [-0.1, -0.05) is 55.0 Å². The Morgan fingerprint density at radius 2 is 1.71 bits per heavy atom. The number of hydrogen-bond acceptors (Lipinski definition) is 6. The molecule has 1 atom stereocenters. The van der Waals surface area contributed by atoms with E-state index in [0.29, 0.717) is 29.9 Å². The van der Waals surface area contributed by atoms with Crippen molar-refractivity contribution in [2.45, 2.75) is 36.5 Å². The van der Waals surface area contributed by atoms with Crippen LogP contribution in [0.1, 0.15) is 30.9 Å². The lowest BCUT2D eigenvalue weighted by atomic mass is 10.0. The SMILES string of the molecule is Cc1ccc(S(=O)(=O)/C(C#N)=C\c2cn(-c3ccccc3)nc2-c2cccc(S(=O)(=O)N3CCCC(C)C3)c2)cc1.